The standard InChI is InChI=1S/C15H23O/c1-10-8-11(14(2,3)4)9-12(13(10)16)15(5,6)7/h8-9H,1-7H3. The molecule has 0 N–H and O–H groups in total. The molecule has 0 amide bonds. The van der Waals surface area contributed by atoms with Crippen LogP contribution in [-0.4, -0.2) is 0 Å². The molecule has 1 radical (unpaired) electrons. The highest BCUT2D eigenvalue weighted by Crippen LogP contribution is 2.37. The van der Waals surface area contributed by atoms with Gasteiger partial charge in [0.05, 0.1) is 0 Å². The third-order valence-corrected chi connectivity index (χ3v) is 2.95. The van der Waals surface area contributed by atoms with Crippen molar-refractivity contribution in [3.63, 3.8) is 0 Å². The minimum Gasteiger partial charge on any atom is -0.289 e. The maximum Gasteiger partial charge on any atom is 0.185 e. The van der Waals surface area contributed by atoms with Crippen molar-refractivity contribution in [3.8, 4) is 5.75 Å². The summed E-state index contributed by atoms with van der Waals surface area (Å²) < 4.78 is 0. The fraction of sp³-hybridized carbons (Fsp3) is 0.600. The Kier molecular flexibility index (Phi) is 3.11. The van der Waals surface area contributed by atoms with Crippen LogP contribution in [0.25, 0.3) is 0 Å². The van der Waals surface area contributed by atoms with Gasteiger partial charge in [-0.1, -0.05) is 53.7 Å². The first-order valence-corrected chi connectivity index (χ1v) is 5.86. The van der Waals surface area contributed by atoms with E-state index in [1.54, 1.807) is 0 Å². The molecule has 0 aliphatic rings. The topological polar surface area (TPSA) is 19.9 Å². The normalized spacial score (nSPS) is 12.9. The van der Waals surface area contributed by atoms with E-state index in [1.165, 1.54) is 5.56 Å². The van der Waals surface area contributed by atoms with Crippen LogP contribution in [0.1, 0.15) is 58.2 Å². The lowest BCUT2D eigenvalue weighted by Gasteiger charge is -2.26. The second-order valence-electron chi connectivity index (χ2n) is 6.67. The predicted octanol–water partition coefficient (Wildman–Crippen LogP) is 4.73. The van der Waals surface area contributed by atoms with Crippen molar-refractivity contribution in [1.82, 2.24) is 0 Å². The molecule has 0 fully saturated rings. The number of hydrogen-bond donors (Lipinski definition) is 0. The van der Waals surface area contributed by atoms with E-state index in [2.05, 4.69) is 47.6 Å². The molecule has 0 unspecified atom stereocenters. The number of hydrogen-bond acceptors (Lipinski definition) is 0. The summed E-state index contributed by atoms with van der Waals surface area (Å²) in [4.78, 5) is 0. The van der Waals surface area contributed by atoms with Crippen LogP contribution in [-0.2, 0) is 15.9 Å². The lowest BCUT2D eigenvalue weighted by atomic mass is 9.79. The van der Waals surface area contributed by atoms with Crippen LogP contribution in [0.3, 0.4) is 0 Å². The first kappa shape index (κ1) is 13.1. The van der Waals surface area contributed by atoms with Crippen LogP contribution in [0.5, 0.6) is 5.75 Å². The third kappa shape index (κ3) is 2.58. The minimum absolute atomic E-state index is 0.0803. The van der Waals surface area contributed by atoms with E-state index in [0.717, 1.165) is 11.1 Å². The van der Waals surface area contributed by atoms with Gasteiger partial charge in [-0.2, -0.15) is 0 Å². The van der Waals surface area contributed by atoms with Crippen LogP contribution in [0.4, 0.5) is 0 Å². The van der Waals surface area contributed by atoms with Crippen molar-refractivity contribution in [2.24, 2.45) is 0 Å². The molecule has 1 aromatic rings. The monoisotopic (exact) mass is 219 g/mol. The van der Waals surface area contributed by atoms with Gasteiger partial charge in [-0.05, 0) is 28.9 Å². The molecule has 0 spiro atoms. The SMILES string of the molecule is Cc1cc(C(C)(C)C)cc(C(C)(C)C)c1[O]. The Labute approximate surface area is 99.5 Å². The molecule has 1 heteroatoms. The van der Waals surface area contributed by atoms with E-state index in [4.69, 9.17) is 0 Å². The highest BCUT2D eigenvalue weighted by molar-refractivity contribution is 5.47. The average Bonchev–Trinajstić information content (AvgIpc) is 2.05. The zero-order chi connectivity index (χ0) is 12.7. The Balaban J connectivity index is 3.46. The van der Waals surface area contributed by atoms with Crippen molar-refractivity contribution in [1.29, 1.82) is 0 Å². The molecule has 0 atom stereocenters. The lowest BCUT2D eigenvalue weighted by molar-refractivity contribution is 0.337. The summed E-state index contributed by atoms with van der Waals surface area (Å²) in [5.74, 6) is 0.195. The van der Waals surface area contributed by atoms with Crippen molar-refractivity contribution in [3.05, 3.63) is 28.8 Å². The second-order valence-corrected chi connectivity index (χ2v) is 6.67. The minimum atomic E-state index is -0.0803. The van der Waals surface area contributed by atoms with Gasteiger partial charge in [-0.15, -0.1) is 0 Å². The van der Waals surface area contributed by atoms with Gasteiger partial charge in [0.25, 0.3) is 0 Å². The van der Waals surface area contributed by atoms with Gasteiger partial charge < -0.3 is 0 Å². The fourth-order valence-electron chi connectivity index (χ4n) is 1.76. The van der Waals surface area contributed by atoms with E-state index in [0.29, 0.717) is 0 Å². The first-order valence-electron chi connectivity index (χ1n) is 5.86. The molecule has 0 heterocycles. The van der Waals surface area contributed by atoms with Crippen molar-refractivity contribution in [2.45, 2.75) is 59.3 Å². The first-order chi connectivity index (χ1) is 7.03. The molecule has 16 heavy (non-hydrogen) atoms. The van der Waals surface area contributed by atoms with Gasteiger partial charge >= 0.3 is 0 Å². The number of rotatable bonds is 0. The molecule has 0 bridgehead atoms. The number of benzene rings is 1. The van der Waals surface area contributed by atoms with Gasteiger partial charge in [-0.25, -0.2) is 0 Å². The largest absolute Gasteiger partial charge is 0.289 e. The molecule has 0 aliphatic heterocycles. The Bertz CT molecular complexity index is 389. The van der Waals surface area contributed by atoms with Crippen molar-refractivity contribution in [2.75, 3.05) is 0 Å². The molecule has 0 saturated carbocycles. The zero-order valence-corrected chi connectivity index (χ0v) is 11.6. The Morgan fingerprint density at radius 1 is 0.875 bits per heavy atom. The highest BCUT2D eigenvalue weighted by Gasteiger charge is 2.24. The molecule has 0 saturated heterocycles. The molecule has 1 aromatic carbocycles. The van der Waals surface area contributed by atoms with Crippen LogP contribution in [0.15, 0.2) is 12.1 Å². The summed E-state index contributed by atoms with van der Waals surface area (Å²) in [6, 6.07) is 4.10. The van der Waals surface area contributed by atoms with Gasteiger partial charge in [0, 0.05) is 5.56 Å². The van der Waals surface area contributed by atoms with E-state index >= 15 is 0 Å². The van der Waals surface area contributed by atoms with Gasteiger partial charge in [0.1, 0.15) is 0 Å². The Morgan fingerprint density at radius 3 is 1.75 bits per heavy atom. The van der Waals surface area contributed by atoms with Crippen molar-refractivity contribution >= 4 is 0 Å². The lowest BCUT2D eigenvalue weighted by Crippen LogP contribution is -2.16. The van der Waals surface area contributed by atoms with E-state index in [-0.39, 0.29) is 16.6 Å². The highest BCUT2D eigenvalue weighted by atomic mass is 16.3. The summed E-state index contributed by atoms with van der Waals surface area (Å²) in [7, 11) is 0. The summed E-state index contributed by atoms with van der Waals surface area (Å²) in [5.41, 5.74) is 3.05. The Morgan fingerprint density at radius 2 is 1.38 bits per heavy atom. The van der Waals surface area contributed by atoms with Crippen LogP contribution < -0.4 is 0 Å². The van der Waals surface area contributed by atoms with Gasteiger partial charge in [-0.3, -0.25) is 5.11 Å². The number of aryl methyl sites for hydroxylation is 1. The second kappa shape index (κ2) is 3.80. The molecule has 89 valence electrons. The fourth-order valence-corrected chi connectivity index (χ4v) is 1.76. The molecular weight excluding hydrogens is 196 g/mol. The molecule has 1 rings (SSSR count). The third-order valence-electron chi connectivity index (χ3n) is 2.95. The molecule has 0 aliphatic carbocycles. The van der Waals surface area contributed by atoms with Crippen LogP contribution >= 0.6 is 0 Å². The molecule has 1 nitrogen and oxygen atoms in total. The summed E-state index contributed by atoms with van der Waals surface area (Å²) in [5, 5.41) is 12.1. The maximum absolute atomic E-state index is 12.1. The van der Waals surface area contributed by atoms with Crippen LogP contribution in [0, 0.1) is 6.92 Å². The van der Waals surface area contributed by atoms with E-state index < -0.39 is 0 Å². The summed E-state index contributed by atoms with van der Waals surface area (Å²) in [6.45, 7) is 14.7. The van der Waals surface area contributed by atoms with E-state index in [9.17, 15) is 5.11 Å². The van der Waals surface area contributed by atoms with Crippen LogP contribution in [0.2, 0.25) is 0 Å². The molecular formula is C15H23O. The smallest absolute Gasteiger partial charge is 0.185 e. The van der Waals surface area contributed by atoms with Crippen molar-refractivity contribution < 1.29 is 5.11 Å². The van der Waals surface area contributed by atoms with E-state index in [1.807, 2.05) is 13.0 Å². The average molecular weight is 219 g/mol. The van der Waals surface area contributed by atoms with Gasteiger partial charge in [0.15, 0.2) is 5.75 Å². The quantitative estimate of drug-likeness (QED) is 0.601. The summed E-state index contributed by atoms with van der Waals surface area (Å²) >= 11 is 0. The van der Waals surface area contributed by atoms with Gasteiger partial charge in [0.2, 0.25) is 0 Å². The molecule has 0 aromatic heterocycles. The summed E-state index contributed by atoms with van der Waals surface area (Å²) in [6.07, 6.45) is 0. The Hall–Kier alpha value is -0.980. The zero-order valence-electron chi connectivity index (χ0n) is 11.6. The predicted molar refractivity (Wildman–Crippen MR) is 68.7 cm³/mol. The maximum atomic E-state index is 12.1.